The summed E-state index contributed by atoms with van der Waals surface area (Å²) in [5.41, 5.74) is -0.439. The normalized spacial score (nSPS) is 31.9. The summed E-state index contributed by atoms with van der Waals surface area (Å²) in [6.45, 7) is 7.66. The maximum Gasteiger partial charge on any atom is 0.0824 e. The van der Waals surface area contributed by atoms with E-state index in [2.05, 4.69) is 24.1 Å². The Labute approximate surface area is 99.2 Å². The Morgan fingerprint density at radius 2 is 1.94 bits per heavy atom. The molecule has 0 spiro atoms. The molecule has 0 amide bonds. The van der Waals surface area contributed by atoms with Crippen LogP contribution in [0, 0.1) is 0 Å². The van der Waals surface area contributed by atoms with E-state index < -0.39 is 5.60 Å². The lowest BCUT2D eigenvalue weighted by Crippen LogP contribution is -2.58. The number of nitrogens with one attached hydrogen (secondary N) is 1. The van der Waals surface area contributed by atoms with Crippen molar-refractivity contribution in [2.24, 2.45) is 0 Å². The molecule has 0 aliphatic carbocycles. The molecule has 0 aromatic heterocycles. The second kappa shape index (κ2) is 5.03. The SMILES string of the molecule is CC(C)N1CCC(O)(C2CCCCN2)CC1. The first-order valence-corrected chi connectivity index (χ1v) is 6.82. The van der Waals surface area contributed by atoms with Gasteiger partial charge in [-0.15, -0.1) is 0 Å². The zero-order valence-electron chi connectivity index (χ0n) is 10.7. The second-order valence-electron chi connectivity index (χ2n) is 5.74. The van der Waals surface area contributed by atoms with Gasteiger partial charge in [0.1, 0.15) is 0 Å². The Bertz CT molecular complexity index is 216. The third-order valence-electron chi connectivity index (χ3n) is 4.35. The third kappa shape index (κ3) is 2.58. The Morgan fingerprint density at radius 1 is 1.25 bits per heavy atom. The van der Waals surface area contributed by atoms with E-state index in [1.807, 2.05) is 0 Å². The number of nitrogens with zero attached hydrogens (tertiary/aromatic N) is 1. The van der Waals surface area contributed by atoms with Gasteiger partial charge in [0, 0.05) is 25.2 Å². The second-order valence-corrected chi connectivity index (χ2v) is 5.74. The molecule has 3 nitrogen and oxygen atoms in total. The number of likely N-dealkylation sites (tertiary alicyclic amines) is 1. The Hall–Kier alpha value is -0.120. The van der Waals surface area contributed by atoms with Crippen molar-refractivity contribution in [1.82, 2.24) is 10.2 Å². The van der Waals surface area contributed by atoms with Crippen LogP contribution in [0.4, 0.5) is 0 Å². The van der Waals surface area contributed by atoms with E-state index in [9.17, 15) is 5.11 Å². The summed E-state index contributed by atoms with van der Waals surface area (Å²) in [5.74, 6) is 0. The van der Waals surface area contributed by atoms with Crippen molar-refractivity contribution in [1.29, 1.82) is 0 Å². The van der Waals surface area contributed by atoms with E-state index in [1.165, 1.54) is 12.8 Å². The monoisotopic (exact) mass is 226 g/mol. The van der Waals surface area contributed by atoms with Crippen LogP contribution in [0.25, 0.3) is 0 Å². The van der Waals surface area contributed by atoms with Gasteiger partial charge in [-0.05, 0) is 46.1 Å². The average Bonchev–Trinajstić information content (AvgIpc) is 2.31. The highest BCUT2D eigenvalue weighted by Crippen LogP contribution is 2.30. The molecule has 2 saturated heterocycles. The largest absolute Gasteiger partial charge is 0.388 e. The van der Waals surface area contributed by atoms with Gasteiger partial charge < -0.3 is 15.3 Å². The molecule has 2 rings (SSSR count). The Balaban J connectivity index is 1.89. The maximum atomic E-state index is 10.7. The number of piperidine rings is 2. The first-order chi connectivity index (χ1) is 7.62. The maximum absolute atomic E-state index is 10.7. The zero-order chi connectivity index (χ0) is 11.6. The lowest BCUT2D eigenvalue weighted by Gasteiger charge is -2.45. The van der Waals surface area contributed by atoms with Crippen LogP contribution in [0.15, 0.2) is 0 Å². The highest BCUT2D eigenvalue weighted by molar-refractivity contribution is 4.97. The van der Waals surface area contributed by atoms with Crippen LogP contribution < -0.4 is 5.32 Å². The van der Waals surface area contributed by atoms with Gasteiger partial charge >= 0.3 is 0 Å². The van der Waals surface area contributed by atoms with Crippen molar-refractivity contribution in [3.63, 3.8) is 0 Å². The Kier molecular flexibility index (Phi) is 3.88. The summed E-state index contributed by atoms with van der Waals surface area (Å²) in [7, 11) is 0. The van der Waals surface area contributed by atoms with Gasteiger partial charge in [-0.1, -0.05) is 6.42 Å². The van der Waals surface area contributed by atoms with Gasteiger partial charge in [-0.2, -0.15) is 0 Å². The first-order valence-electron chi connectivity index (χ1n) is 6.82. The molecule has 0 aromatic carbocycles. The van der Waals surface area contributed by atoms with E-state index in [4.69, 9.17) is 0 Å². The van der Waals surface area contributed by atoms with Crippen LogP contribution in [-0.4, -0.2) is 47.3 Å². The molecule has 3 heteroatoms. The molecule has 2 aliphatic rings. The van der Waals surface area contributed by atoms with E-state index >= 15 is 0 Å². The molecule has 2 heterocycles. The molecular weight excluding hydrogens is 200 g/mol. The molecule has 0 saturated carbocycles. The van der Waals surface area contributed by atoms with Gasteiger partial charge in [0.15, 0.2) is 0 Å². The van der Waals surface area contributed by atoms with E-state index in [1.54, 1.807) is 0 Å². The van der Waals surface area contributed by atoms with Gasteiger partial charge in [0.25, 0.3) is 0 Å². The van der Waals surface area contributed by atoms with Crippen LogP contribution >= 0.6 is 0 Å². The number of hydrogen-bond donors (Lipinski definition) is 2. The minimum absolute atomic E-state index is 0.343. The molecule has 2 N–H and O–H groups in total. The van der Waals surface area contributed by atoms with Gasteiger partial charge in [0.05, 0.1) is 5.60 Å². The van der Waals surface area contributed by atoms with Gasteiger partial charge in [-0.3, -0.25) is 0 Å². The topological polar surface area (TPSA) is 35.5 Å². The molecule has 0 radical (unpaired) electrons. The van der Waals surface area contributed by atoms with E-state index in [0.29, 0.717) is 12.1 Å². The lowest BCUT2D eigenvalue weighted by atomic mass is 9.80. The van der Waals surface area contributed by atoms with E-state index in [-0.39, 0.29) is 0 Å². The van der Waals surface area contributed by atoms with Crippen LogP contribution in [0.2, 0.25) is 0 Å². The van der Waals surface area contributed by atoms with Crippen molar-refractivity contribution in [2.45, 2.75) is 63.6 Å². The number of aliphatic hydroxyl groups is 1. The summed E-state index contributed by atoms with van der Waals surface area (Å²) >= 11 is 0. The minimum atomic E-state index is -0.439. The molecule has 0 bridgehead atoms. The standard InChI is InChI=1S/C13H26N2O/c1-11(2)15-9-6-13(16,7-10-15)12-5-3-4-8-14-12/h11-12,14,16H,3-10H2,1-2H3. The number of hydrogen-bond acceptors (Lipinski definition) is 3. The highest BCUT2D eigenvalue weighted by atomic mass is 16.3. The summed E-state index contributed by atoms with van der Waals surface area (Å²) in [6.07, 6.45) is 5.56. The van der Waals surface area contributed by atoms with Gasteiger partial charge in [-0.25, -0.2) is 0 Å². The molecule has 1 atom stereocenters. The predicted octanol–water partition coefficient (Wildman–Crippen LogP) is 1.36. The van der Waals surface area contributed by atoms with E-state index in [0.717, 1.165) is 38.9 Å². The quantitative estimate of drug-likeness (QED) is 0.746. The fourth-order valence-electron chi connectivity index (χ4n) is 3.09. The van der Waals surface area contributed by atoms with Crippen LogP contribution in [0.1, 0.15) is 46.0 Å². The van der Waals surface area contributed by atoms with Crippen LogP contribution in [0.5, 0.6) is 0 Å². The summed E-state index contributed by atoms with van der Waals surface area (Å²) in [6, 6.07) is 0.958. The average molecular weight is 226 g/mol. The van der Waals surface area contributed by atoms with Gasteiger partial charge in [0.2, 0.25) is 0 Å². The summed E-state index contributed by atoms with van der Waals surface area (Å²) in [5, 5.41) is 14.2. The molecular formula is C13H26N2O. The smallest absolute Gasteiger partial charge is 0.0824 e. The van der Waals surface area contributed by atoms with Crippen molar-refractivity contribution < 1.29 is 5.11 Å². The van der Waals surface area contributed by atoms with Crippen molar-refractivity contribution in [2.75, 3.05) is 19.6 Å². The third-order valence-corrected chi connectivity index (χ3v) is 4.35. The van der Waals surface area contributed by atoms with Crippen LogP contribution in [0.3, 0.4) is 0 Å². The molecule has 2 fully saturated rings. The fraction of sp³-hybridized carbons (Fsp3) is 1.00. The Morgan fingerprint density at radius 3 is 2.44 bits per heavy atom. The lowest BCUT2D eigenvalue weighted by molar-refractivity contribution is -0.0607. The summed E-state index contributed by atoms with van der Waals surface area (Å²) < 4.78 is 0. The molecule has 1 unspecified atom stereocenters. The zero-order valence-corrected chi connectivity index (χ0v) is 10.7. The van der Waals surface area contributed by atoms with Crippen LogP contribution in [-0.2, 0) is 0 Å². The molecule has 2 aliphatic heterocycles. The highest BCUT2D eigenvalue weighted by Gasteiger charge is 2.40. The first kappa shape index (κ1) is 12.3. The van der Waals surface area contributed by atoms with Crippen molar-refractivity contribution >= 4 is 0 Å². The fourth-order valence-corrected chi connectivity index (χ4v) is 3.09. The van der Waals surface area contributed by atoms with Crippen molar-refractivity contribution in [3.05, 3.63) is 0 Å². The molecule has 94 valence electrons. The summed E-state index contributed by atoms with van der Waals surface area (Å²) in [4.78, 5) is 2.47. The molecule has 16 heavy (non-hydrogen) atoms. The number of rotatable bonds is 2. The van der Waals surface area contributed by atoms with Crippen molar-refractivity contribution in [3.8, 4) is 0 Å². The molecule has 0 aromatic rings. The predicted molar refractivity (Wildman–Crippen MR) is 66.5 cm³/mol. The minimum Gasteiger partial charge on any atom is -0.388 e.